The van der Waals surface area contributed by atoms with Crippen LogP contribution in [0.15, 0.2) is 24.4 Å². The number of carbonyl (C=O) groups excluding carboxylic acids is 1. The van der Waals surface area contributed by atoms with E-state index in [9.17, 15) is 4.79 Å². The molecule has 2 heterocycles. The molecule has 0 fully saturated rings. The second-order valence-corrected chi connectivity index (χ2v) is 5.97. The van der Waals surface area contributed by atoms with Crippen molar-refractivity contribution in [3.05, 3.63) is 47.0 Å². The monoisotopic (exact) mass is 315 g/mol. The number of hydrogen-bond donors (Lipinski definition) is 2. The Morgan fingerprint density at radius 1 is 1.26 bits per heavy atom. The average molecular weight is 315 g/mol. The Bertz CT molecular complexity index is 665. The molecular formula is C17H25N5O. The first-order valence-corrected chi connectivity index (χ1v) is 7.85. The molecule has 23 heavy (non-hydrogen) atoms. The number of rotatable bonds is 5. The highest BCUT2D eigenvalue weighted by Crippen LogP contribution is 2.14. The molecule has 0 saturated heterocycles. The second kappa shape index (κ2) is 7.26. The fourth-order valence-corrected chi connectivity index (χ4v) is 2.64. The van der Waals surface area contributed by atoms with Crippen LogP contribution in [0, 0.1) is 13.8 Å². The molecule has 2 aromatic rings. The van der Waals surface area contributed by atoms with E-state index in [0.29, 0.717) is 0 Å². The number of aromatic nitrogens is 3. The molecule has 2 aromatic heterocycles. The van der Waals surface area contributed by atoms with Crippen LogP contribution in [0.3, 0.4) is 0 Å². The highest BCUT2D eigenvalue weighted by molar-refractivity contribution is 5.74. The third-order valence-corrected chi connectivity index (χ3v) is 4.03. The minimum atomic E-state index is -0.185. The van der Waals surface area contributed by atoms with Crippen LogP contribution >= 0.6 is 0 Å². The van der Waals surface area contributed by atoms with Crippen molar-refractivity contribution in [3.8, 4) is 0 Å². The topological polar surface area (TPSA) is 71.8 Å². The number of amides is 2. The molecule has 2 N–H and O–H groups in total. The smallest absolute Gasteiger partial charge is 0.315 e. The normalized spacial score (nSPS) is 13.4. The lowest BCUT2D eigenvalue weighted by molar-refractivity contribution is 0.234. The lowest BCUT2D eigenvalue weighted by atomic mass is 10.1. The Kier molecular flexibility index (Phi) is 5.36. The maximum atomic E-state index is 12.1. The Morgan fingerprint density at radius 2 is 2.00 bits per heavy atom. The molecular weight excluding hydrogens is 290 g/mol. The number of hydrogen-bond acceptors (Lipinski definition) is 3. The molecule has 6 nitrogen and oxygen atoms in total. The van der Waals surface area contributed by atoms with Gasteiger partial charge in [-0.1, -0.05) is 6.07 Å². The summed E-state index contributed by atoms with van der Waals surface area (Å²) in [5.41, 5.74) is 4.19. The van der Waals surface area contributed by atoms with Crippen LogP contribution in [0.2, 0.25) is 0 Å². The van der Waals surface area contributed by atoms with Crippen molar-refractivity contribution >= 4 is 6.03 Å². The van der Waals surface area contributed by atoms with Crippen LogP contribution in [0.4, 0.5) is 4.79 Å². The molecule has 0 radical (unpaired) electrons. The lowest BCUT2D eigenvalue weighted by Crippen LogP contribution is -2.42. The summed E-state index contributed by atoms with van der Waals surface area (Å²) in [4.78, 5) is 16.4. The second-order valence-electron chi connectivity index (χ2n) is 5.97. The summed E-state index contributed by atoms with van der Waals surface area (Å²) in [5.74, 6) is 0. The molecule has 124 valence electrons. The molecule has 2 amide bonds. The summed E-state index contributed by atoms with van der Waals surface area (Å²) in [7, 11) is 1.94. The number of carbonyl (C=O) groups is 1. The summed E-state index contributed by atoms with van der Waals surface area (Å²) in [6.45, 7) is 7.96. The Hall–Kier alpha value is -2.37. The molecule has 0 aliphatic rings. The van der Waals surface area contributed by atoms with E-state index < -0.39 is 0 Å². The van der Waals surface area contributed by atoms with Gasteiger partial charge in [0, 0.05) is 25.0 Å². The van der Waals surface area contributed by atoms with Gasteiger partial charge in [-0.05, 0) is 51.8 Å². The minimum absolute atomic E-state index is 0.0209. The summed E-state index contributed by atoms with van der Waals surface area (Å²) in [6.07, 6.45) is 2.49. The number of aryl methyl sites for hydroxylation is 2. The highest BCUT2D eigenvalue weighted by Gasteiger charge is 2.16. The van der Waals surface area contributed by atoms with Gasteiger partial charge in [0.1, 0.15) is 0 Å². The van der Waals surface area contributed by atoms with Gasteiger partial charge in [0.05, 0.1) is 17.4 Å². The SMILES string of the molecule is Cc1nn(C)c(C)c1CC(C)NC(=O)NC(C)c1ccccn1. The van der Waals surface area contributed by atoms with Gasteiger partial charge in [-0.3, -0.25) is 9.67 Å². The zero-order valence-electron chi connectivity index (χ0n) is 14.4. The van der Waals surface area contributed by atoms with Crippen molar-refractivity contribution in [1.82, 2.24) is 25.4 Å². The maximum absolute atomic E-state index is 12.1. The molecule has 0 aliphatic heterocycles. The fraction of sp³-hybridized carbons (Fsp3) is 0.471. The minimum Gasteiger partial charge on any atom is -0.335 e. The van der Waals surface area contributed by atoms with E-state index in [4.69, 9.17) is 0 Å². The van der Waals surface area contributed by atoms with Crippen LogP contribution < -0.4 is 10.6 Å². The largest absolute Gasteiger partial charge is 0.335 e. The Morgan fingerprint density at radius 3 is 2.57 bits per heavy atom. The molecule has 2 unspecified atom stereocenters. The molecule has 6 heteroatoms. The standard InChI is InChI=1S/C17H25N5O/c1-11(10-15-12(2)21-22(5)14(15)4)19-17(23)20-13(3)16-8-6-7-9-18-16/h6-9,11,13H,10H2,1-5H3,(H2,19,20,23). The van der Waals surface area contributed by atoms with E-state index in [-0.39, 0.29) is 18.1 Å². The summed E-state index contributed by atoms with van der Waals surface area (Å²) in [6, 6.07) is 5.37. The van der Waals surface area contributed by atoms with E-state index >= 15 is 0 Å². The van der Waals surface area contributed by atoms with Gasteiger partial charge in [-0.2, -0.15) is 5.10 Å². The molecule has 0 bridgehead atoms. The van der Waals surface area contributed by atoms with Gasteiger partial charge >= 0.3 is 6.03 Å². The van der Waals surface area contributed by atoms with Crippen LogP contribution in [0.5, 0.6) is 0 Å². The van der Waals surface area contributed by atoms with E-state index in [1.807, 2.05) is 57.6 Å². The van der Waals surface area contributed by atoms with Crippen molar-refractivity contribution in [2.45, 2.75) is 46.2 Å². The third-order valence-electron chi connectivity index (χ3n) is 4.03. The van der Waals surface area contributed by atoms with E-state index in [0.717, 1.165) is 23.5 Å². The first-order chi connectivity index (χ1) is 10.9. The van der Waals surface area contributed by atoms with Crippen molar-refractivity contribution in [2.75, 3.05) is 0 Å². The van der Waals surface area contributed by atoms with Crippen molar-refractivity contribution in [1.29, 1.82) is 0 Å². The molecule has 0 aliphatic carbocycles. The average Bonchev–Trinajstić information content (AvgIpc) is 2.74. The van der Waals surface area contributed by atoms with Crippen LogP contribution in [-0.2, 0) is 13.5 Å². The van der Waals surface area contributed by atoms with Gasteiger partial charge in [0.2, 0.25) is 0 Å². The van der Waals surface area contributed by atoms with Crippen LogP contribution in [-0.4, -0.2) is 26.8 Å². The summed E-state index contributed by atoms with van der Waals surface area (Å²) in [5, 5.41) is 10.3. The predicted molar refractivity (Wildman–Crippen MR) is 90.2 cm³/mol. The summed E-state index contributed by atoms with van der Waals surface area (Å²) >= 11 is 0. The number of nitrogens with zero attached hydrogens (tertiary/aromatic N) is 3. The number of urea groups is 1. The van der Waals surface area contributed by atoms with Crippen molar-refractivity contribution < 1.29 is 4.79 Å². The zero-order valence-corrected chi connectivity index (χ0v) is 14.4. The first-order valence-electron chi connectivity index (χ1n) is 7.85. The van der Waals surface area contributed by atoms with Gasteiger partial charge < -0.3 is 10.6 Å². The van der Waals surface area contributed by atoms with Gasteiger partial charge in [0.15, 0.2) is 0 Å². The van der Waals surface area contributed by atoms with Crippen LogP contribution in [0.1, 0.15) is 42.5 Å². The van der Waals surface area contributed by atoms with E-state index in [1.54, 1.807) is 6.20 Å². The van der Waals surface area contributed by atoms with Crippen LogP contribution in [0.25, 0.3) is 0 Å². The van der Waals surface area contributed by atoms with E-state index in [1.165, 1.54) is 5.56 Å². The van der Waals surface area contributed by atoms with Gasteiger partial charge in [0.25, 0.3) is 0 Å². The number of nitrogens with one attached hydrogen (secondary N) is 2. The van der Waals surface area contributed by atoms with E-state index in [2.05, 4.69) is 20.7 Å². The molecule has 0 spiro atoms. The Balaban J connectivity index is 1.90. The lowest BCUT2D eigenvalue weighted by Gasteiger charge is -2.18. The van der Waals surface area contributed by atoms with Crippen molar-refractivity contribution in [2.24, 2.45) is 7.05 Å². The third kappa shape index (κ3) is 4.31. The van der Waals surface area contributed by atoms with Gasteiger partial charge in [-0.15, -0.1) is 0 Å². The molecule has 0 aromatic carbocycles. The Labute approximate surface area is 137 Å². The molecule has 0 saturated carbocycles. The molecule has 2 atom stereocenters. The van der Waals surface area contributed by atoms with Gasteiger partial charge in [-0.25, -0.2) is 4.79 Å². The maximum Gasteiger partial charge on any atom is 0.315 e. The quantitative estimate of drug-likeness (QED) is 0.890. The predicted octanol–water partition coefficient (Wildman–Crippen LogP) is 2.42. The number of pyridine rings is 1. The first kappa shape index (κ1) is 17.0. The zero-order chi connectivity index (χ0) is 17.0. The fourth-order valence-electron chi connectivity index (χ4n) is 2.64. The highest BCUT2D eigenvalue weighted by atomic mass is 16.2. The summed E-state index contributed by atoms with van der Waals surface area (Å²) < 4.78 is 1.88. The van der Waals surface area contributed by atoms with Crippen molar-refractivity contribution in [3.63, 3.8) is 0 Å². The molecule has 2 rings (SSSR count).